The summed E-state index contributed by atoms with van der Waals surface area (Å²) in [5, 5.41) is 3.24. The van der Waals surface area contributed by atoms with Crippen molar-refractivity contribution in [3.63, 3.8) is 0 Å². The molecule has 0 unspecified atom stereocenters. The predicted molar refractivity (Wildman–Crippen MR) is 65.9 cm³/mol. The molecule has 94 valence electrons. The van der Waals surface area contributed by atoms with E-state index >= 15 is 0 Å². The highest BCUT2D eigenvalue weighted by atomic mass is 32.2. The Balaban J connectivity index is 2.37. The highest BCUT2D eigenvalue weighted by molar-refractivity contribution is 7.89. The minimum absolute atomic E-state index is 0.192. The van der Waals surface area contributed by atoms with Crippen molar-refractivity contribution < 1.29 is 8.42 Å². The third-order valence-electron chi connectivity index (χ3n) is 2.74. The Morgan fingerprint density at radius 2 is 2.06 bits per heavy atom. The van der Waals surface area contributed by atoms with Gasteiger partial charge in [-0.15, -0.1) is 6.58 Å². The number of piperazine rings is 1. The maximum atomic E-state index is 11.8. The van der Waals surface area contributed by atoms with E-state index in [1.807, 2.05) is 0 Å². The van der Waals surface area contributed by atoms with Gasteiger partial charge in [-0.05, 0) is 0 Å². The average molecular weight is 247 g/mol. The van der Waals surface area contributed by atoms with Crippen LogP contribution in [0.5, 0.6) is 0 Å². The van der Waals surface area contributed by atoms with Crippen LogP contribution in [0.4, 0.5) is 0 Å². The normalized spacial score (nSPS) is 18.9. The number of hydrogen-bond acceptors (Lipinski definition) is 4. The molecule has 0 radical (unpaired) electrons. The zero-order valence-electron chi connectivity index (χ0n) is 9.85. The van der Waals surface area contributed by atoms with Crippen molar-refractivity contribution in [2.75, 3.05) is 52.1 Å². The van der Waals surface area contributed by atoms with Crippen LogP contribution in [0.1, 0.15) is 0 Å². The van der Waals surface area contributed by atoms with E-state index in [4.69, 9.17) is 0 Å². The second kappa shape index (κ2) is 6.34. The summed E-state index contributed by atoms with van der Waals surface area (Å²) < 4.78 is 24.9. The maximum absolute atomic E-state index is 11.8. The molecule has 0 saturated carbocycles. The van der Waals surface area contributed by atoms with Crippen LogP contribution in [-0.2, 0) is 10.0 Å². The Kier molecular flexibility index (Phi) is 5.40. The van der Waals surface area contributed by atoms with Gasteiger partial charge in [0.15, 0.2) is 0 Å². The Morgan fingerprint density at radius 1 is 1.44 bits per heavy atom. The maximum Gasteiger partial charge on any atom is 0.215 e. The van der Waals surface area contributed by atoms with Crippen molar-refractivity contribution in [3.8, 4) is 0 Å². The fraction of sp³-hybridized carbons (Fsp3) is 0.800. The molecule has 1 rings (SSSR count). The van der Waals surface area contributed by atoms with Gasteiger partial charge in [0, 0.05) is 46.3 Å². The average Bonchev–Trinajstić information content (AvgIpc) is 2.28. The first kappa shape index (κ1) is 13.6. The molecule has 6 heteroatoms. The number of rotatable bonds is 6. The van der Waals surface area contributed by atoms with E-state index in [0.29, 0.717) is 13.1 Å². The SMILES string of the molecule is C=CCN(C)S(=O)(=O)CCN1CCNCC1. The summed E-state index contributed by atoms with van der Waals surface area (Å²) in [6.07, 6.45) is 1.60. The van der Waals surface area contributed by atoms with Crippen LogP contribution in [-0.4, -0.2) is 69.7 Å². The van der Waals surface area contributed by atoms with Crippen LogP contribution in [0.15, 0.2) is 12.7 Å². The highest BCUT2D eigenvalue weighted by Gasteiger charge is 2.18. The predicted octanol–water partition coefficient (Wildman–Crippen LogP) is -0.661. The van der Waals surface area contributed by atoms with Gasteiger partial charge in [0.2, 0.25) is 10.0 Å². The van der Waals surface area contributed by atoms with Gasteiger partial charge >= 0.3 is 0 Å². The van der Waals surface area contributed by atoms with E-state index in [9.17, 15) is 8.42 Å². The number of sulfonamides is 1. The second-order valence-corrected chi connectivity index (χ2v) is 6.17. The summed E-state index contributed by atoms with van der Waals surface area (Å²) in [4.78, 5) is 2.18. The molecular weight excluding hydrogens is 226 g/mol. The Hall–Kier alpha value is -0.430. The summed E-state index contributed by atoms with van der Waals surface area (Å²) in [5.41, 5.74) is 0. The van der Waals surface area contributed by atoms with Crippen molar-refractivity contribution in [1.82, 2.24) is 14.5 Å². The lowest BCUT2D eigenvalue weighted by atomic mass is 10.4. The molecule has 0 atom stereocenters. The summed E-state index contributed by atoms with van der Waals surface area (Å²) >= 11 is 0. The quantitative estimate of drug-likeness (QED) is 0.633. The lowest BCUT2D eigenvalue weighted by Gasteiger charge is -2.27. The van der Waals surface area contributed by atoms with Crippen molar-refractivity contribution >= 4 is 10.0 Å². The van der Waals surface area contributed by atoms with Crippen LogP contribution in [0.2, 0.25) is 0 Å². The van der Waals surface area contributed by atoms with Gasteiger partial charge in [0.1, 0.15) is 0 Å². The van der Waals surface area contributed by atoms with E-state index in [0.717, 1.165) is 26.2 Å². The summed E-state index contributed by atoms with van der Waals surface area (Å²) in [6.45, 7) is 8.29. The molecule has 0 amide bonds. The highest BCUT2D eigenvalue weighted by Crippen LogP contribution is 2.00. The second-order valence-electron chi connectivity index (χ2n) is 3.98. The molecule has 0 aromatic rings. The van der Waals surface area contributed by atoms with Crippen LogP contribution >= 0.6 is 0 Å². The zero-order chi connectivity index (χ0) is 12.0. The van der Waals surface area contributed by atoms with Crippen molar-refractivity contribution in [1.29, 1.82) is 0 Å². The first-order valence-corrected chi connectivity index (χ1v) is 7.15. The van der Waals surface area contributed by atoms with E-state index in [1.165, 1.54) is 4.31 Å². The van der Waals surface area contributed by atoms with Crippen LogP contribution < -0.4 is 5.32 Å². The van der Waals surface area contributed by atoms with Crippen LogP contribution in [0.25, 0.3) is 0 Å². The summed E-state index contributed by atoms with van der Waals surface area (Å²) in [7, 11) is -1.53. The molecule has 1 saturated heterocycles. The fourth-order valence-corrected chi connectivity index (χ4v) is 2.76. The summed E-state index contributed by atoms with van der Waals surface area (Å²) in [6, 6.07) is 0. The molecule has 0 spiro atoms. The largest absolute Gasteiger partial charge is 0.314 e. The molecule has 1 N–H and O–H groups in total. The van der Waals surface area contributed by atoms with Crippen LogP contribution in [0, 0.1) is 0 Å². The monoisotopic (exact) mass is 247 g/mol. The number of nitrogens with zero attached hydrogens (tertiary/aromatic N) is 2. The van der Waals surface area contributed by atoms with E-state index in [2.05, 4.69) is 16.8 Å². The molecule has 16 heavy (non-hydrogen) atoms. The molecule has 5 nitrogen and oxygen atoms in total. The minimum Gasteiger partial charge on any atom is -0.314 e. The minimum atomic E-state index is -3.12. The van der Waals surface area contributed by atoms with Gasteiger partial charge in [0.05, 0.1) is 5.75 Å². The zero-order valence-corrected chi connectivity index (χ0v) is 10.7. The Morgan fingerprint density at radius 3 is 2.62 bits per heavy atom. The molecule has 0 aromatic heterocycles. The van der Waals surface area contributed by atoms with E-state index in [-0.39, 0.29) is 5.75 Å². The molecule has 1 fully saturated rings. The van der Waals surface area contributed by atoms with Crippen molar-refractivity contribution in [2.45, 2.75) is 0 Å². The van der Waals surface area contributed by atoms with Crippen molar-refractivity contribution in [3.05, 3.63) is 12.7 Å². The van der Waals surface area contributed by atoms with Gasteiger partial charge in [-0.3, -0.25) is 4.90 Å². The Labute approximate surface area is 98.2 Å². The van der Waals surface area contributed by atoms with Gasteiger partial charge < -0.3 is 5.32 Å². The standard InChI is InChI=1S/C10H21N3O2S/c1-3-6-12(2)16(14,15)10-9-13-7-4-11-5-8-13/h3,11H,1,4-10H2,2H3. The Bertz CT molecular complexity index is 310. The van der Waals surface area contributed by atoms with Gasteiger partial charge in [0.25, 0.3) is 0 Å². The third-order valence-corrected chi connectivity index (χ3v) is 4.53. The number of hydrogen-bond donors (Lipinski definition) is 1. The molecule has 0 bridgehead atoms. The summed E-state index contributed by atoms with van der Waals surface area (Å²) in [5.74, 6) is 0.192. The molecule has 1 aliphatic heterocycles. The first-order chi connectivity index (χ1) is 7.56. The lowest BCUT2D eigenvalue weighted by Crippen LogP contribution is -2.46. The topological polar surface area (TPSA) is 52.7 Å². The number of likely N-dealkylation sites (N-methyl/N-ethyl adjacent to an activating group) is 1. The molecule has 1 heterocycles. The van der Waals surface area contributed by atoms with Gasteiger partial charge in [-0.2, -0.15) is 0 Å². The first-order valence-electron chi connectivity index (χ1n) is 5.54. The van der Waals surface area contributed by atoms with Crippen LogP contribution in [0.3, 0.4) is 0 Å². The molecule has 0 aromatic carbocycles. The molecule has 0 aliphatic carbocycles. The van der Waals surface area contributed by atoms with E-state index in [1.54, 1.807) is 13.1 Å². The molecular formula is C10H21N3O2S. The van der Waals surface area contributed by atoms with E-state index < -0.39 is 10.0 Å². The molecule has 1 aliphatic rings. The number of nitrogens with one attached hydrogen (secondary N) is 1. The van der Waals surface area contributed by atoms with Gasteiger partial charge in [-0.1, -0.05) is 6.08 Å². The van der Waals surface area contributed by atoms with Gasteiger partial charge in [-0.25, -0.2) is 12.7 Å². The van der Waals surface area contributed by atoms with Crippen molar-refractivity contribution in [2.24, 2.45) is 0 Å². The lowest BCUT2D eigenvalue weighted by molar-refractivity contribution is 0.253. The fourth-order valence-electron chi connectivity index (χ4n) is 1.63. The smallest absolute Gasteiger partial charge is 0.215 e. The third kappa shape index (κ3) is 4.21.